The van der Waals surface area contributed by atoms with Gasteiger partial charge in [-0.05, 0) is 44.4 Å². The first-order valence-corrected chi connectivity index (χ1v) is 5.79. The largest absolute Gasteiger partial charge is 0.324 e. The monoisotopic (exact) mass is 254 g/mol. The molecule has 1 atom stereocenters. The van der Waals surface area contributed by atoms with Crippen LogP contribution in [0.4, 0.5) is 5.69 Å². The van der Waals surface area contributed by atoms with Crippen LogP contribution in [0.2, 0.25) is 0 Å². The van der Waals surface area contributed by atoms with Crippen LogP contribution in [0.3, 0.4) is 0 Å². The number of carbonyl (C=O) groups is 1. The normalized spacial score (nSPS) is 18.6. The van der Waals surface area contributed by atoms with Gasteiger partial charge in [-0.2, -0.15) is 0 Å². The summed E-state index contributed by atoms with van der Waals surface area (Å²) in [6, 6.07) is 6.03. The fourth-order valence-corrected chi connectivity index (χ4v) is 2.13. The molecular formula is C13H19ClN2O. The number of hydrogen-bond acceptors (Lipinski definition) is 2. The molecule has 94 valence electrons. The molecule has 2 rings (SSSR count). The fourth-order valence-electron chi connectivity index (χ4n) is 2.13. The van der Waals surface area contributed by atoms with Crippen molar-refractivity contribution in [2.75, 3.05) is 11.9 Å². The highest BCUT2D eigenvalue weighted by atomic mass is 35.5. The summed E-state index contributed by atoms with van der Waals surface area (Å²) in [6.07, 6.45) is 2.03. The number of carbonyl (C=O) groups excluding carboxylic acids is 1. The molecule has 1 amide bonds. The Bertz CT molecular complexity index is 380. The van der Waals surface area contributed by atoms with E-state index in [1.165, 1.54) is 0 Å². The highest BCUT2D eigenvalue weighted by Gasteiger charge is 2.22. The average Bonchev–Trinajstić information content (AvgIpc) is 2.76. The lowest BCUT2D eigenvalue weighted by atomic mass is 10.1. The minimum absolute atomic E-state index is 0. The molecule has 0 radical (unpaired) electrons. The Kier molecular flexibility index (Phi) is 4.97. The second-order valence-corrected chi connectivity index (χ2v) is 4.40. The molecule has 2 N–H and O–H groups in total. The Labute approximate surface area is 108 Å². The summed E-state index contributed by atoms with van der Waals surface area (Å²) in [5.74, 6) is 0.0925. The average molecular weight is 255 g/mol. The summed E-state index contributed by atoms with van der Waals surface area (Å²) >= 11 is 0. The van der Waals surface area contributed by atoms with Gasteiger partial charge in [0.15, 0.2) is 0 Å². The smallest absolute Gasteiger partial charge is 0.241 e. The van der Waals surface area contributed by atoms with E-state index in [0.29, 0.717) is 0 Å². The molecule has 3 nitrogen and oxygen atoms in total. The Morgan fingerprint density at radius 2 is 2.00 bits per heavy atom. The number of rotatable bonds is 2. The summed E-state index contributed by atoms with van der Waals surface area (Å²) in [5.41, 5.74) is 3.19. The van der Waals surface area contributed by atoms with Gasteiger partial charge in [-0.25, -0.2) is 0 Å². The zero-order valence-corrected chi connectivity index (χ0v) is 11.1. The van der Waals surface area contributed by atoms with E-state index in [-0.39, 0.29) is 24.4 Å². The van der Waals surface area contributed by atoms with Crippen LogP contribution in [0.5, 0.6) is 0 Å². The molecule has 1 aromatic rings. The molecular weight excluding hydrogens is 236 g/mol. The van der Waals surface area contributed by atoms with Gasteiger partial charge in [-0.1, -0.05) is 18.2 Å². The predicted octanol–water partition coefficient (Wildman–Crippen LogP) is 2.42. The van der Waals surface area contributed by atoms with Crippen molar-refractivity contribution in [3.05, 3.63) is 29.3 Å². The highest BCUT2D eigenvalue weighted by molar-refractivity contribution is 5.96. The third kappa shape index (κ3) is 3.20. The van der Waals surface area contributed by atoms with Crippen LogP contribution in [-0.4, -0.2) is 18.5 Å². The minimum Gasteiger partial charge on any atom is -0.324 e. The number of anilines is 1. The van der Waals surface area contributed by atoms with Gasteiger partial charge in [0.1, 0.15) is 0 Å². The van der Waals surface area contributed by atoms with Gasteiger partial charge in [-0.15, -0.1) is 12.4 Å². The Morgan fingerprint density at radius 1 is 1.35 bits per heavy atom. The summed E-state index contributed by atoms with van der Waals surface area (Å²) in [5, 5.41) is 6.22. The number of hydrogen-bond donors (Lipinski definition) is 2. The van der Waals surface area contributed by atoms with E-state index in [1.54, 1.807) is 0 Å². The van der Waals surface area contributed by atoms with Gasteiger partial charge < -0.3 is 10.6 Å². The summed E-state index contributed by atoms with van der Waals surface area (Å²) in [7, 11) is 0. The van der Waals surface area contributed by atoms with Crippen LogP contribution in [0.25, 0.3) is 0 Å². The Balaban J connectivity index is 0.00000144. The maximum absolute atomic E-state index is 11.9. The van der Waals surface area contributed by atoms with Crippen LogP contribution >= 0.6 is 12.4 Å². The van der Waals surface area contributed by atoms with Crippen molar-refractivity contribution in [1.29, 1.82) is 0 Å². The molecule has 1 aromatic carbocycles. The summed E-state index contributed by atoms with van der Waals surface area (Å²) < 4.78 is 0. The topological polar surface area (TPSA) is 41.1 Å². The lowest BCUT2D eigenvalue weighted by Crippen LogP contribution is -2.35. The maximum Gasteiger partial charge on any atom is 0.241 e. The second-order valence-electron chi connectivity index (χ2n) is 4.40. The molecule has 1 aliphatic rings. The van der Waals surface area contributed by atoms with E-state index in [0.717, 1.165) is 36.2 Å². The molecule has 1 aliphatic heterocycles. The van der Waals surface area contributed by atoms with Crippen molar-refractivity contribution < 1.29 is 4.79 Å². The fraction of sp³-hybridized carbons (Fsp3) is 0.462. The van der Waals surface area contributed by atoms with Crippen molar-refractivity contribution >= 4 is 24.0 Å². The van der Waals surface area contributed by atoms with Crippen molar-refractivity contribution in [3.8, 4) is 0 Å². The number of aryl methyl sites for hydroxylation is 2. The van der Waals surface area contributed by atoms with Gasteiger partial charge in [0.05, 0.1) is 6.04 Å². The van der Waals surface area contributed by atoms with Gasteiger partial charge >= 0.3 is 0 Å². The molecule has 0 spiro atoms. The quantitative estimate of drug-likeness (QED) is 0.851. The van der Waals surface area contributed by atoms with E-state index in [4.69, 9.17) is 0 Å². The van der Waals surface area contributed by atoms with E-state index < -0.39 is 0 Å². The van der Waals surface area contributed by atoms with Gasteiger partial charge in [0, 0.05) is 5.69 Å². The molecule has 17 heavy (non-hydrogen) atoms. The van der Waals surface area contributed by atoms with Crippen LogP contribution < -0.4 is 10.6 Å². The van der Waals surface area contributed by atoms with Crippen LogP contribution in [0, 0.1) is 13.8 Å². The van der Waals surface area contributed by atoms with E-state index in [9.17, 15) is 4.79 Å². The number of halogens is 1. The lowest BCUT2D eigenvalue weighted by Gasteiger charge is -2.14. The third-order valence-corrected chi connectivity index (χ3v) is 3.11. The first kappa shape index (κ1) is 14.0. The Hall–Kier alpha value is -1.06. The molecule has 0 unspecified atom stereocenters. The molecule has 0 aromatic heterocycles. The number of benzene rings is 1. The van der Waals surface area contributed by atoms with Gasteiger partial charge in [-0.3, -0.25) is 4.79 Å². The van der Waals surface area contributed by atoms with E-state index >= 15 is 0 Å². The second kappa shape index (κ2) is 6.03. The highest BCUT2D eigenvalue weighted by Crippen LogP contribution is 2.20. The zero-order valence-electron chi connectivity index (χ0n) is 10.2. The zero-order chi connectivity index (χ0) is 11.5. The van der Waals surface area contributed by atoms with Crippen LogP contribution in [0.15, 0.2) is 18.2 Å². The molecule has 0 bridgehead atoms. The van der Waals surface area contributed by atoms with Gasteiger partial charge in [0.2, 0.25) is 5.91 Å². The standard InChI is InChI=1S/C13H18N2O.ClH/c1-9-5-3-6-10(2)12(9)15-13(16)11-7-4-8-14-11;/h3,5-6,11,14H,4,7-8H2,1-2H3,(H,15,16);1H/t11-;/m1./s1. The molecule has 0 saturated carbocycles. The van der Waals surface area contributed by atoms with Crippen molar-refractivity contribution in [2.45, 2.75) is 32.7 Å². The molecule has 1 saturated heterocycles. The van der Waals surface area contributed by atoms with Crippen molar-refractivity contribution in [1.82, 2.24) is 5.32 Å². The first-order chi connectivity index (χ1) is 7.68. The van der Waals surface area contributed by atoms with E-state index in [1.807, 2.05) is 32.0 Å². The molecule has 1 heterocycles. The number of amides is 1. The number of para-hydroxylation sites is 1. The SMILES string of the molecule is Cc1cccc(C)c1NC(=O)[C@H]1CCCN1.Cl. The van der Waals surface area contributed by atoms with Crippen molar-refractivity contribution in [2.24, 2.45) is 0 Å². The molecule has 4 heteroatoms. The minimum atomic E-state index is -0.0148. The van der Waals surface area contributed by atoms with E-state index in [2.05, 4.69) is 10.6 Å². The summed E-state index contributed by atoms with van der Waals surface area (Å²) in [4.78, 5) is 11.9. The first-order valence-electron chi connectivity index (χ1n) is 5.79. The van der Waals surface area contributed by atoms with Crippen molar-refractivity contribution in [3.63, 3.8) is 0 Å². The molecule has 0 aliphatic carbocycles. The third-order valence-electron chi connectivity index (χ3n) is 3.11. The lowest BCUT2D eigenvalue weighted by molar-refractivity contribution is -0.117. The Morgan fingerprint density at radius 3 is 2.53 bits per heavy atom. The number of nitrogens with one attached hydrogen (secondary N) is 2. The molecule has 1 fully saturated rings. The van der Waals surface area contributed by atoms with Crippen LogP contribution in [0.1, 0.15) is 24.0 Å². The maximum atomic E-state index is 11.9. The summed E-state index contributed by atoms with van der Waals surface area (Å²) in [6.45, 7) is 4.99. The van der Waals surface area contributed by atoms with Crippen LogP contribution in [-0.2, 0) is 4.79 Å². The predicted molar refractivity (Wildman–Crippen MR) is 72.8 cm³/mol. The van der Waals surface area contributed by atoms with Gasteiger partial charge in [0.25, 0.3) is 0 Å².